The first kappa shape index (κ1) is 21.0. The number of carbonyl (C=O) groups is 3. The normalized spacial score (nSPS) is 11.3. The highest BCUT2D eigenvalue weighted by Gasteiger charge is 2.18. The zero-order chi connectivity index (χ0) is 20.8. The predicted molar refractivity (Wildman–Crippen MR) is 104 cm³/mol. The van der Waals surface area contributed by atoms with Crippen LogP contribution >= 0.6 is 0 Å². The summed E-state index contributed by atoms with van der Waals surface area (Å²) in [6.45, 7) is 5.55. The van der Waals surface area contributed by atoms with Crippen LogP contribution in [0.4, 0.5) is 5.69 Å². The molecule has 2 rings (SSSR count). The van der Waals surface area contributed by atoms with Crippen LogP contribution in [0.5, 0.6) is 5.75 Å². The first-order valence-corrected chi connectivity index (χ1v) is 8.61. The second kappa shape index (κ2) is 9.03. The summed E-state index contributed by atoms with van der Waals surface area (Å²) in [5.41, 5.74) is 2.66. The Bertz CT molecular complexity index is 872. The van der Waals surface area contributed by atoms with E-state index in [4.69, 9.17) is 4.74 Å². The van der Waals surface area contributed by atoms with Crippen molar-refractivity contribution in [3.63, 3.8) is 0 Å². The lowest BCUT2D eigenvalue weighted by molar-refractivity contribution is -0.122. The highest BCUT2D eigenvalue weighted by atomic mass is 16.5. The molecule has 1 amide bonds. The number of amides is 1. The van der Waals surface area contributed by atoms with Gasteiger partial charge in [0.25, 0.3) is 5.91 Å². The second-order valence-corrected chi connectivity index (χ2v) is 6.28. The molecular weight excluding hydrogens is 362 g/mol. The standard InChI is InChI=1S/C21H23NO6/c1-12-6-7-18(8-13(12)2)28-14(3)19(23)22-17-10-15(20(24)26-4)9-16(11-17)21(25)27-5/h6-11,14H,1-5H3,(H,22,23)/t14-/m0/s1. The van der Waals surface area contributed by atoms with Gasteiger partial charge in [-0.2, -0.15) is 0 Å². The largest absolute Gasteiger partial charge is 0.481 e. The number of hydrogen-bond acceptors (Lipinski definition) is 6. The predicted octanol–water partition coefficient (Wildman–Crippen LogP) is 3.28. The second-order valence-electron chi connectivity index (χ2n) is 6.28. The first-order valence-electron chi connectivity index (χ1n) is 8.61. The van der Waals surface area contributed by atoms with Gasteiger partial charge in [-0.15, -0.1) is 0 Å². The van der Waals surface area contributed by atoms with E-state index in [1.807, 2.05) is 26.0 Å². The zero-order valence-electron chi connectivity index (χ0n) is 16.5. The zero-order valence-corrected chi connectivity index (χ0v) is 16.5. The number of carbonyl (C=O) groups excluding carboxylic acids is 3. The fraction of sp³-hybridized carbons (Fsp3) is 0.286. The molecule has 1 atom stereocenters. The number of anilines is 1. The van der Waals surface area contributed by atoms with Crippen molar-refractivity contribution in [1.82, 2.24) is 0 Å². The van der Waals surface area contributed by atoms with Gasteiger partial charge in [-0.25, -0.2) is 9.59 Å². The number of rotatable bonds is 6. The monoisotopic (exact) mass is 385 g/mol. The lowest BCUT2D eigenvalue weighted by Crippen LogP contribution is -2.30. The highest BCUT2D eigenvalue weighted by molar-refractivity contribution is 6.00. The lowest BCUT2D eigenvalue weighted by atomic mass is 10.1. The molecule has 0 heterocycles. The van der Waals surface area contributed by atoms with Crippen LogP contribution in [0, 0.1) is 13.8 Å². The Morgan fingerprint density at radius 3 is 1.93 bits per heavy atom. The van der Waals surface area contributed by atoms with Gasteiger partial charge in [0, 0.05) is 5.69 Å². The van der Waals surface area contributed by atoms with Crippen LogP contribution in [-0.2, 0) is 14.3 Å². The number of hydrogen-bond donors (Lipinski definition) is 1. The van der Waals surface area contributed by atoms with Crippen molar-refractivity contribution in [3.8, 4) is 5.75 Å². The van der Waals surface area contributed by atoms with E-state index in [0.29, 0.717) is 5.75 Å². The van der Waals surface area contributed by atoms with Crippen LogP contribution in [0.3, 0.4) is 0 Å². The van der Waals surface area contributed by atoms with Crippen LogP contribution < -0.4 is 10.1 Å². The smallest absolute Gasteiger partial charge is 0.337 e. The molecule has 0 aromatic heterocycles. The molecule has 2 aromatic rings. The summed E-state index contributed by atoms with van der Waals surface area (Å²) in [4.78, 5) is 36.2. The Hall–Kier alpha value is -3.35. The van der Waals surface area contributed by atoms with E-state index >= 15 is 0 Å². The van der Waals surface area contributed by atoms with E-state index in [1.54, 1.807) is 13.0 Å². The Kier molecular flexibility index (Phi) is 6.76. The van der Waals surface area contributed by atoms with E-state index in [0.717, 1.165) is 11.1 Å². The molecule has 0 fully saturated rings. The SMILES string of the molecule is COC(=O)c1cc(NC(=O)[C@H](C)Oc2ccc(C)c(C)c2)cc(C(=O)OC)c1. The van der Waals surface area contributed by atoms with Gasteiger partial charge in [0.05, 0.1) is 25.3 Å². The summed E-state index contributed by atoms with van der Waals surface area (Å²) in [6, 6.07) is 9.73. The van der Waals surface area contributed by atoms with Crippen LogP contribution in [0.25, 0.3) is 0 Å². The molecule has 0 aliphatic carbocycles. The van der Waals surface area contributed by atoms with Gasteiger partial charge in [0.1, 0.15) is 5.75 Å². The maximum atomic E-state index is 12.5. The van der Waals surface area contributed by atoms with E-state index < -0.39 is 23.9 Å². The first-order chi connectivity index (χ1) is 13.2. The van der Waals surface area contributed by atoms with Crippen molar-refractivity contribution in [1.29, 1.82) is 0 Å². The van der Waals surface area contributed by atoms with E-state index in [1.165, 1.54) is 32.4 Å². The van der Waals surface area contributed by atoms with Crippen LogP contribution in [0.2, 0.25) is 0 Å². The molecule has 148 valence electrons. The average molecular weight is 385 g/mol. The van der Waals surface area contributed by atoms with Crippen molar-refractivity contribution in [2.75, 3.05) is 19.5 Å². The molecule has 1 N–H and O–H groups in total. The average Bonchev–Trinajstić information content (AvgIpc) is 2.69. The van der Waals surface area contributed by atoms with Gasteiger partial charge in [-0.05, 0) is 62.2 Å². The van der Waals surface area contributed by atoms with Gasteiger partial charge in [-0.3, -0.25) is 4.79 Å². The minimum absolute atomic E-state index is 0.114. The molecule has 0 bridgehead atoms. The van der Waals surface area contributed by atoms with Gasteiger partial charge in [0.2, 0.25) is 0 Å². The summed E-state index contributed by atoms with van der Waals surface area (Å²) in [5, 5.41) is 2.65. The molecule has 0 radical (unpaired) electrons. The number of ether oxygens (including phenoxy) is 3. The fourth-order valence-electron chi connectivity index (χ4n) is 2.46. The number of aryl methyl sites for hydroxylation is 2. The quantitative estimate of drug-likeness (QED) is 0.768. The topological polar surface area (TPSA) is 90.9 Å². The minimum atomic E-state index is -0.800. The number of nitrogens with one attached hydrogen (secondary N) is 1. The van der Waals surface area contributed by atoms with Crippen molar-refractivity contribution >= 4 is 23.5 Å². The Balaban J connectivity index is 2.20. The Morgan fingerprint density at radius 2 is 1.43 bits per heavy atom. The Labute approximate surface area is 163 Å². The van der Waals surface area contributed by atoms with Crippen molar-refractivity contribution in [2.24, 2.45) is 0 Å². The van der Waals surface area contributed by atoms with E-state index in [9.17, 15) is 14.4 Å². The molecule has 0 saturated heterocycles. The summed E-state index contributed by atoms with van der Waals surface area (Å²) < 4.78 is 15.1. The third kappa shape index (κ3) is 5.09. The van der Waals surface area contributed by atoms with Gasteiger partial charge in [-0.1, -0.05) is 6.07 Å². The minimum Gasteiger partial charge on any atom is -0.481 e. The Morgan fingerprint density at radius 1 is 0.857 bits per heavy atom. The van der Waals surface area contributed by atoms with E-state index in [2.05, 4.69) is 14.8 Å². The highest BCUT2D eigenvalue weighted by Crippen LogP contribution is 2.20. The summed E-state index contributed by atoms with van der Waals surface area (Å²) in [5.74, 6) is -1.14. The molecule has 7 heteroatoms. The van der Waals surface area contributed by atoms with Crippen LogP contribution in [0.1, 0.15) is 38.8 Å². The molecule has 0 aliphatic rings. The van der Waals surface area contributed by atoms with Gasteiger partial charge >= 0.3 is 11.9 Å². The summed E-state index contributed by atoms with van der Waals surface area (Å²) in [6.07, 6.45) is -0.800. The third-order valence-electron chi connectivity index (χ3n) is 4.20. The van der Waals surface area contributed by atoms with Crippen LogP contribution in [0.15, 0.2) is 36.4 Å². The fourth-order valence-corrected chi connectivity index (χ4v) is 2.46. The molecule has 0 spiro atoms. The lowest BCUT2D eigenvalue weighted by Gasteiger charge is -2.16. The third-order valence-corrected chi connectivity index (χ3v) is 4.20. The maximum Gasteiger partial charge on any atom is 0.337 e. The summed E-state index contributed by atoms with van der Waals surface area (Å²) in [7, 11) is 2.45. The maximum absolute atomic E-state index is 12.5. The molecule has 0 unspecified atom stereocenters. The molecule has 28 heavy (non-hydrogen) atoms. The van der Waals surface area contributed by atoms with Crippen molar-refractivity contribution in [2.45, 2.75) is 26.9 Å². The van der Waals surface area contributed by atoms with Gasteiger partial charge < -0.3 is 19.5 Å². The summed E-state index contributed by atoms with van der Waals surface area (Å²) >= 11 is 0. The number of methoxy groups -OCH3 is 2. The van der Waals surface area contributed by atoms with Crippen LogP contribution in [-0.4, -0.2) is 38.2 Å². The molecule has 2 aromatic carbocycles. The van der Waals surface area contributed by atoms with Crippen molar-refractivity contribution < 1.29 is 28.6 Å². The van der Waals surface area contributed by atoms with Crippen molar-refractivity contribution in [3.05, 3.63) is 58.7 Å². The molecular formula is C21H23NO6. The molecule has 7 nitrogen and oxygen atoms in total. The number of esters is 2. The van der Waals surface area contributed by atoms with Gasteiger partial charge in [0.15, 0.2) is 6.10 Å². The number of benzene rings is 2. The molecule has 0 saturated carbocycles. The van der Waals surface area contributed by atoms with E-state index in [-0.39, 0.29) is 16.8 Å². The molecule has 0 aliphatic heterocycles.